The Morgan fingerprint density at radius 3 is 0.648 bits per heavy atom. The summed E-state index contributed by atoms with van der Waals surface area (Å²) in [5, 5.41) is 10.7. The standard InChI is InChI=1S/C86H168O17P2/c1-6-9-12-15-18-21-24-27-29-31-33-34-35-36-38-40-42-45-51-56-61-66-71-85(90)102-81(75-97-84(89)70-65-60-55-50-44-41-39-37-32-30-28-25-22-19-16-13-10-7-2)77-100-104(92,93)98-73-80(87)74-99-105(94,95)101-78-82(76-96-83(88)69-64-59-54-49-43-26-23-20-17-14-11-8-3)103-86(91)72-67-62-57-52-47-46-48-53-58-63-68-79(4)5/h79-82,87H,6-78H2,1-5H3,(H,92,93)(H,94,95)/t80-,81-,82-/m1/s1. The second-order valence-corrected chi connectivity index (χ2v) is 34.3. The van der Waals surface area contributed by atoms with Crippen molar-refractivity contribution in [1.29, 1.82) is 0 Å². The minimum atomic E-state index is -4.97. The number of aliphatic hydroxyl groups is 1. The third-order valence-electron chi connectivity index (χ3n) is 20.3. The van der Waals surface area contributed by atoms with Crippen LogP contribution >= 0.6 is 15.6 Å². The van der Waals surface area contributed by atoms with Crippen molar-refractivity contribution < 1.29 is 80.2 Å². The van der Waals surface area contributed by atoms with E-state index in [1.54, 1.807) is 0 Å². The summed E-state index contributed by atoms with van der Waals surface area (Å²) in [4.78, 5) is 73.2. The van der Waals surface area contributed by atoms with Gasteiger partial charge in [0.15, 0.2) is 12.2 Å². The number of hydrogen-bond acceptors (Lipinski definition) is 15. The van der Waals surface area contributed by atoms with Crippen molar-refractivity contribution in [2.45, 2.75) is 483 Å². The lowest BCUT2D eigenvalue weighted by molar-refractivity contribution is -0.161. The molecule has 2 unspecified atom stereocenters. The molecular formula is C86H168O17P2. The Morgan fingerprint density at radius 2 is 0.438 bits per heavy atom. The van der Waals surface area contributed by atoms with Crippen molar-refractivity contribution in [1.82, 2.24) is 0 Å². The second-order valence-electron chi connectivity index (χ2n) is 31.4. The first-order valence-corrected chi connectivity index (χ1v) is 47.6. The highest BCUT2D eigenvalue weighted by Gasteiger charge is 2.30. The highest BCUT2D eigenvalue weighted by molar-refractivity contribution is 7.47. The van der Waals surface area contributed by atoms with Gasteiger partial charge in [0.25, 0.3) is 0 Å². The lowest BCUT2D eigenvalue weighted by Crippen LogP contribution is -2.30. The van der Waals surface area contributed by atoms with Gasteiger partial charge in [0, 0.05) is 25.7 Å². The first kappa shape index (κ1) is 103. The molecule has 0 saturated carbocycles. The van der Waals surface area contributed by atoms with E-state index in [-0.39, 0.29) is 25.7 Å². The van der Waals surface area contributed by atoms with E-state index in [1.165, 1.54) is 289 Å². The maximum atomic E-state index is 13.1. The van der Waals surface area contributed by atoms with Crippen LogP contribution in [0, 0.1) is 5.92 Å². The molecular weight excluding hydrogens is 1370 g/mol. The Bertz CT molecular complexity index is 2000. The molecule has 0 aliphatic heterocycles. The quantitative estimate of drug-likeness (QED) is 0.0222. The van der Waals surface area contributed by atoms with Crippen molar-refractivity contribution in [3.05, 3.63) is 0 Å². The first-order chi connectivity index (χ1) is 51.0. The molecule has 3 N–H and O–H groups in total. The summed E-state index contributed by atoms with van der Waals surface area (Å²) in [6.45, 7) is 7.35. The zero-order valence-corrected chi connectivity index (χ0v) is 70.7. The molecule has 0 bridgehead atoms. The van der Waals surface area contributed by atoms with Crippen molar-refractivity contribution in [2.24, 2.45) is 5.92 Å². The van der Waals surface area contributed by atoms with Crippen LogP contribution in [0.25, 0.3) is 0 Å². The molecule has 624 valence electrons. The predicted molar refractivity (Wildman–Crippen MR) is 432 cm³/mol. The molecule has 5 atom stereocenters. The van der Waals surface area contributed by atoms with Crippen LogP contribution in [0.3, 0.4) is 0 Å². The van der Waals surface area contributed by atoms with Crippen LogP contribution < -0.4 is 0 Å². The molecule has 0 aliphatic rings. The largest absolute Gasteiger partial charge is 0.472 e. The fourth-order valence-corrected chi connectivity index (χ4v) is 15.1. The molecule has 105 heavy (non-hydrogen) atoms. The summed E-state index contributed by atoms with van der Waals surface area (Å²) >= 11 is 0. The van der Waals surface area contributed by atoms with Gasteiger partial charge in [0.2, 0.25) is 0 Å². The molecule has 0 fully saturated rings. The molecule has 0 heterocycles. The minimum absolute atomic E-state index is 0.107. The number of ether oxygens (including phenoxy) is 4. The van der Waals surface area contributed by atoms with Crippen molar-refractivity contribution in [3.63, 3.8) is 0 Å². The van der Waals surface area contributed by atoms with Gasteiger partial charge in [-0.3, -0.25) is 37.3 Å². The number of hydrogen-bond donors (Lipinski definition) is 3. The van der Waals surface area contributed by atoms with E-state index in [1.807, 2.05) is 0 Å². The highest BCUT2D eigenvalue weighted by atomic mass is 31.2. The van der Waals surface area contributed by atoms with Gasteiger partial charge in [-0.25, -0.2) is 9.13 Å². The molecule has 0 rings (SSSR count). The summed E-state index contributed by atoms with van der Waals surface area (Å²) in [7, 11) is -9.93. The average Bonchev–Trinajstić information content (AvgIpc) is 0.909. The molecule has 0 aromatic rings. The number of aliphatic hydroxyl groups excluding tert-OH is 1. The van der Waals surface area contributed by atoms with Crippen LogP contribution in [0.4, 0.5) is 0 Å². The van der Waals surface area contributed by atoms with E-state index in [2.05, 4.69) is 34.6 Å². The van der Waals surface area contributed by atoms with Crippen LogP contribution in [0.1, 0.15) is 465 Å². The molecule has 0 aromatic heterocycles. The van der Waals surface area contributed by atoms with E-state index in [0.29, 0.717) is 25.7 Å². The van der Waals surface area contributed by atoms with Gasteiger partial charge in [0.05, 0.1) is 26.4 Å². The lowest BCUT2D eigenvalue weighted by Gasteiger charge is -2.21. The fraction of sp³-hybridized carbons (Fsp3) is 0.953. The third kappa shape index (κ3) is 79.9. The van der Waals surface area contributed by atoms with Gasteiger partial charge >= 0.3 is 39.5 Å². The maximum absolute atomic E-state index is 13.1. The summed E-state index contributed by atoms with van der Waals surface area (Å²) in [6.07, 6.45) is 72.3. The average molecular weight is 1540 g/mol. The number of phosphoric acid groups is 2. The smallest absolute Gasteiger partial charge is 0.462 e. The second kappa shape index (κ2) is 78.7. The van der Waals surface area contributed by atoms with Crippen LogP contribution in [-0.4, -0.2) is 96.7 Å². The zero-order chi connectivity index (χ0) is 76.9. The van der Waals surface area contributed by atoms with Gasteiger partial charge in [0.1, 0.15) is 19.3 Å². The molecule has 19 heteroatoms. The summed E-state index contributed by atoms with van der Waals surface area (Å²) < 4.78 is 68.9. The minimum Gasteiger partial charge on any atom is -0.462 e. The van der Waals surface area contributed by atoms with Crippen LogP contribution in [0.2, 0.25) is 0 Å². The third-order valence-corrected chi connectivity index (χ3v) is 22.2. The van der Waals surface area contributed by atoms with E-state index < -0.39 is 97.5 Å². The molecule has 0 amide bonds. The van der Waals surface area contributed by atoms with E-state index in [0.717, 1.165) is 95.8 Å². The van der Waals surface area contributed by atoms with E-state index >= 15 is 0 Å². The molecule has 0 aromatic carbocycles. The SMILES string of the molecule is CCCCCCCCCCCCCCCCCCCCCCCCC(=O)O[C@H](COC(=O)CCCCCCCCCCCCCCCCCCCC)COP(=O)(O)OC[C@@H](O)COP(=O)(O)OC[C@@H](COC(=O)CCCCCCCCCCCCCC)OC(=O)CCCCCCCCCCCCC(C)C. The number of carbonyl (C=O) groups excluding carboxylic acids is 4. The lowest BCUT2D eigenvalue weighted by atomic mass is 10.0. The summed E-state index contributed by atoms with van der Waals surface area (Å²) in [5.74, 6) is -1.35. The fourth-order valence-electron chi connectivity index (χ4n) is 13.5. The number of esters is 4. The normalized spacial score (nSPS) is 13.8. The van der Waals surface area contributed by atoms with Crippen molar-refractivity contribution in [2.75, 3.05) is 39.6 Å². The van der Waals surface area contributed by atoms with Crippen LogP contribution in [0.15, 0.2) is 0 Å². The number of rotatable bonds is 86. The Morgan fingerprint density at radius 1 is 0.257 bits per heavy atom. The Hall–Kier alpha value is -1.94. The molecule has 0 spiro atoms. The van der Waals surface area contributed by atoms with Crippen molar-refractivity contribution >= 4 is 39.5 Å². The van der Waals surface area contributed by atoms with E-state index in [4.69, 9.17) is 37.0 Å². The predicted octanol–water partition coefficient (Wildman–Crippen LogP) is 26.4. The van der Waals surface area contributed by atoms with Gasteiger partial charge < -0.3 is 33.8 Å². The summed E-state index contributed by atoms with van der Waals surface area (Å²) in [5.41, 5.74) is 0. The van der Waals surface area contributed by atoms with Gasteiger partial charge in [-0.2, -0.15) is 0 Å². The van der Waals surface area contributed by atoms with E-state index in [9.17, 15) is 43.2 Å². The number of unbranched alkanes of at least 4 members (excludes halogenated alkanes) is 58. The topological polar surface area (TPSA) is 237 Å². The van der Waals surface area contributed by atoms with Crippen molar-refractivity contribution in [3.8, 4) is 0 Å². The first-order valence-electron chi connectivity index (χ1n) is 44.6. The Balaban J connectivity index is 5.22. The molecule has 0 radical (unpaired) electrons. The molecule has 0 aliphatic carbocycles. The summed E-state index contributed by atoms with van der Waals surface area (Å²) in [6, 6.07) is 0. The van der Waals surface area contributed by atoms with Gasteiger partial charge in [-0.05, 0) is 31.6 Å². The van der Waals surface area contributed by atoms with Crippen LogP contribution in [0.5, 0.6) is 0 Å². The maximum Gasteiger partial charge on any atom is 0.472 e. The number of carbonyl (C=O) groups is 4. The van der Waals surface area contributed by atoms with Gasteiger partial charge in [-0.15, -0.1) is 0 Å². The molecule has 17 nitrogen and oxygen atoms in total. The Kier molecular flexibility index (Phi) is 77.3. The zero-order valence-electron chi connectivity index (χ0n) is 68.9. The number of phosphoric ester groups is 2. The van der Waals surface area contributed by atoms with Gasteiger partial charge in [-0.1, -0.05) is 413 Å². The van der Waals surface area contributed by atoms with Crippen LogP contribution in [-0.2, 0) is 65.4 Å². The highest BCUT2D eigenvalue weighted by Crippen LogP contribution is 2.45. The monoisotopic (exact) mass is 1540 g/mol. The Labute approximate surface area is 645 Å². The molecule has 0 saturated heterocycles.